The zero-order valence-corrected chi connectivity index (χ0v) is 9.75. The number of alkyl halides is 3. The molecular weight excluding hydrogens is 231 g/mol. The fraction of sp³-hybridized carbons (Fsp3) is 0.500. The van der Waals surface area contributed by atoms with Gasteiger partial charge < -0.3 is 10.4 Å². The molecule has 17 heavy (non-hydrogen) atoms. The summed E-state index contributed by atoms with van der Waals surface area (Å²) in [5.41, 5.74) is 0.446. The molecule has 0 aliphatic heterocycles. The van der Waals surface area contributed by atoms with Crippen molar-refractivity contribution in [3.8, 4) is 0 Å². The fourth-order valence-corrected chi connectivity index (χ4v) is 1.60. The lowest BCUT2D eigenvalue weighted by Crippen LogP contribution is -2.26. The van der Waals surface area contributed by atoms with Gasteiger partial charge >= 0.3 is 6.18 Å². The molecule has 0 bridgehead atoms. The summed E-state index contributed by atoms with van der Waals surface area (Å²) in [6.07, 6.45) is -6.60. The van der Waals surface area contributed by atoms with Gasteiger partial charge in [-0.15, -0.1) is 0 Å². The summed E-state index contributed by atoms with van der Waals surface area (Å²) < 4.78 is 37.4. The molecule has 1 rings (SSSR count). The van der Waals surface area contributed by atoms with Gasteiger partial charge in [0.15, 0.2) is 6.10 Å². The molecule has 2 unspecified atom stereocenters. The number of likely N-dealkylation sites (N-methyl/N-ethyl adjacent to an activating group) is 1. The highest BCUT2D eigenvalue weighted by atomic mass is 19.4. The van der Waals surface area contributed by atoms with Gasteiger partial charge in [-0.05, 0) is 31.5 Å². The van der Waals surface area contributed by atoms with Crippen LogP contribution in [0.1, 0.15) is 24.2 Å². The first-order chi connectivity index (χ1) is 7.86. The Balaban J connectivity index is 2.99. The van der Waals surface area contributed by atoms with E-state index in [9.17, 15) is 18.3 Å². The van der Waals surface area contributed by atoms with Gasteiger partial charge in [-0.2, -0.15) is 13.2 Å². The minimum atomic E-state index is -4.63. The van der Waals surface area contributed by atoms with Crippen molar-refractivity contribution >= 4 is 0 Å². The van der Waals surface area contributed by atoms with Crippen LogP contribution < -0.4 is 5.32 Å². The van der Waals surface area contributed by atoms with Gasteiger partial charge in [0, 0.05) is 6.04 Å². The SMILES string of the molecule is CNC(C)Cc1ccccc1C(O)C(F)(F)F. The minimum Gasteiger partial charge on any atom is -0.379 e. The number of halogens is 3. The Morgan fingerprint density at radius 2 is 1.88 bits per heavy atom. The lowest BCUT2D eigenvalue weighted by Gasteiger charge is -2.20. The largest absolute Gasteiger partial charge is 0.418 e. The lowest BCUT2D eigenvalue weighted by atomic mass is 9.97. The van der Waals surface area contributed by atoms with Gasteiger partial charge in [-0.25, -0.2) is 0 Å². The van der Waals surface area contributed by atoms with Gasteiger partial charge in [-0.1, -0.05) is 24.3 Å². The Bertz CT molecular complexity index is 365. The molecule has 2 nitrogen and oxygen atoms in total. The molecule has 96 valence electrons. The van der Waals surface area contributed by atoms with E-state index in [0.717, 1.165) is 0 Å². The van der Waals surface area contributed by atoms with E-state index in [-0.39, 0.29) is 11.6 Å². The predicted octanol–water partition coefficient (Wildman–Crippen LogP) is 2.43. The molecule has 2 N–H and O–H groups in total. The highest BCUT2D eigenvalue weighted by Gasteiger charge is 2.40. The molecule has 5 heteroatoms. The van der Waals surface area contributed by atoms with Gasteiger partial charge in [0.1, 0.15) is 0 Å². The minimum absolute atomic E-state index is 0.0524. The predicted molar refractivity (Wildman–Crippen MR) is 59.7 cm³/mol. The Labute approximate surface area is 98.5 Å². The molecule has 0 heterocycles. The summed E-state index contributed by atoms with van der Waals surface area (Å²) in [4.78, 5) is 0. The van der Waals surface area contributed by atoms with E-state index in [2.05, 4.69) is 5.32 Å². The topological polar surface area (TPSA) is 32.3 Å². The smallest absolute Gasteiger partial charge is 0.379 e. The van der Waals surface area contributed by atoms with E-state index < -0.39 is 12.3 Å². The van der Waals surface area contributed by atoms with Crippen molar-refractivity contribution in [3.63, 3.8) is 0 Å². The number of aliphatic hydroxyl groups excluding tert-OH is 1. The summed E-state index contributed by atoms with van der Waals surface area (Å²) in [5, 5.41) is 12.2. The van der Waals surface area contributed by atoms with E-state index in [1.807, 2.05) is 6.92 Å². The van der Waals surface area contributed by atoms with Crippen molar-refractivity contribution in [2.24, 2.45) is 0 Å². The lowest BCUT2D eigenvalue weighted by molar-refractivity contribution is -0.207. The van der Waals surface area contributed by atoms with E-state index in [0.29, 0.717) is 12.0 Å². The molecule has 0 saturated carbocycles. The van der Waals surface area contributed by atoms with Crippen molar-refractivity contribution in [1.82, 2.24) is 5.32 Å². The fourth-order valence-electron chi connectivity index (χ4n) is 1.60. The van der Waals surface area contributed by atoms with Crippen molar-refractivity contribution in [2.75, 3.05) is 7.05 Å². The maximum atomic E-state index is 12.5. The first-order valence-corrected chi connectivity index (χ1v) is 5.36. The Morgan fingerprint density at radius 3 is 2.41 bits per heavy atom. The van der Waals surface area contributed by atoms with Crippen LogP contribution >= 0.6 is 0 Å². The monoisotopic (exact) mass is 247 g/mol. The molecule has 0 aromatic heterocycles. The van der Waals surface area contributed by atoms with Crippen molar-refractivity contribution in [3.05, 3.63) is 35.4 Å². The van der Waals surface area contributed by atoms with Crippen LogP contribution in [0.3, 0.4) is 0 Å². The van der Waals surface area contributed by atoms with Gasteiger partial charge in [0.25, 0.3) is 0 Å². The molecule has 0 saturated heterocycles. The zero-order valence-electron chi connectivity index (χ0n) is 9.75. The summed E-state index contributed by atoms with van der Waals surface area (Å²) in [6, 6.07) is 6.15. The normalized spacial score (nSPS) is 15.6. The number of aliphatic hydroxyl groups is 1. The third kappa shape index (κ3) is 3.71. The molecule has 0 aliphatic rings. The van der Waals surface area contributed by atoms with Crippen LogP contribution in [-0.2, 0) is 6.42 Å². The molecule has 0 spiro atoms. The Hall–Kier alpha value is -1.07. The maximum Gasteiger partial charge on any atom is 0.418 e. The standard InChI is InChI=1S/C12H16F3NO/c1-8(16-2)7-9-5-3-4-6-10(9)11(17)12(13,14)15/h3-6,8,11,16-17H,7H2,1-2H3. The van der Waals surface area contributed by atoms with E-state index in [1.165, 1.54) is 12.1 Å². The Kier molecular flexibility index (Phi) is 4.54. The number of benzene rings is 1. The number of nitrogens with one attached hydrogen (secondary N) is 1. The molecule has 1 aromatic rings. The molecule has 0 fully saturated rings. The van der Waals surface area contributed by atoms with Crippen molar-refractivity contribution in [2.45, 2.75) is 31.7 Å². The second kappa shape index (κ2) is 5.51. The third-order valence-electron chi connectivity index (χ3n) is 2.68. The summed E-state index contributed by atoms with van der Waals surface area (Å²) in [6.45, 7) is 1.87. The first-order valence-electron chi connectivity index (χ1n) is 5.36. The maximum absolute atomic E-state index is 12.5. The molecule has 0 aliphatic carbocycles. The molecular formula is C12H16F3NO. The second-order valence-corrected chi connectivity index (χ2v) is 4.04. The highest BCUT2D eigenvalue weighted by Crippen LogP contribution is 2.34. The van der Waals surface area contributed by atoms with E-state index >= 15 is 0 Å². The van der Waals surface area contributed by atoms with Gasteiger partial charge in [0.05, 0.1) is 0 Å². The summed E-state index contributed by atoms with van der Waals surface area (Å²) in [7, 11) is 1.74. The van der Waals surface area contributed by atoms with Crippen molar-refractivity contribution < 1.29 is 18.3 Å². The number of hydrogen-bond donors (Lipinski definition) is 2. The average molecular weight is 247 g/mol. The van der Waals surface area contributed by atoms with E-state index in [4.69, 9.17) is 0 Å². The van der Waals surface area contributed by atoms with Crippen molar-refractivity contribution in [1.29, 1.82) is 0 Å². The van der Waals surface area contributed by atoms with Gasteiger partial charge in [0.2, 0.25) is 0 Å². The van der Waals surface area contributed by atoms with Gasteiger partial charge in [-0.3, -0.25) is 0 Å². The van der Waals surface area contributed by atoms with Crippen LogP contribution in [0.5, 0.6) is 0 Å². The third-order valence-corrected chi connectivity index (χ3v) is 2.68. The summed E-state index contributed by atoms with van der Waals surface area (Å²) >= 11 is 0. The van der Waals surface area contributed by atoms with E-state index in [1.54, 1.807) is 19.2 Å². The molecule has 0 amide bonds. The first kappa shape index (κ1) is 14.0. The summed E-state index contributed by atoms with van der Waals surface area (Å²) in [5.74, 6) is 0. The van der Waals surface area contributed by atoms with Crippen LogP contribution in [0.25, 0.3) is 0 Å². The molecule has 2 atom stereocenters. The molecule has 0 radical (unpaired) electrons. The van der Waals surface area contributed by atoms with Crippen LogP contribution in [0.4, 0.5) is 13.2 Å². The van der Waals surface area contributed by atoms with Crippen LogP contribution in [0, 0.1) is 0 Å². The average Bonchev–Trinajstić information content (AvgIpc) is 2.27. The quantitative estimate of drug-likeness (QED) is 0.856. The Morgan fingerprint density at radius 1 is 1.29 bits per heavy atom. The zero-order chi connectivity index (χ0) is 13.1. The highest BCUT2D eigenvalue weighted by molar-refractivity contribution is 5.30. The second-order valence-electron chi connectivity index (χ2n) is 4.04. The number of hydrogen-bond acceptors (Lipinski definition) is 2. The molecule has 1 aromatic carbocycles. The number of rotatable bonds is 4. The van der Waals surface area contributed by atoms with Crippen LogP contribution in [0.2, 0.25) is 0 Å². The van der Waals surface area contributed by atoms with Crippen LogP contribution in [-0.4, -0.2) is 24.4 Å². The van der Waals surface area contributed by atoms with Crippen LogP contribution in [0.15, 0.2) is 24.3 Å².